The minimum absolute atomic E-state index is 0.0687. The van der Waals surface area contributed by atoms with Crippen molar-refractivity contribution in [3.8, 4) is 0 Å². The first-order chi connectivity index (χ1) is 9.23. The topological polar surface area (TPSA) is 72.6 Å². The molecule has 1 aromatic rings. The van der Waals surface area contributed by atoms with Crippen LogP contribution in [0.2, 0.25) is 0 Å². The maximum Gasteiger partial charge on any atom is 0.245 e. The van der Waals surface area contributed by atoms with E-state index in [1.54, 1.807) is 13.8 Å². The maximum absolute atomic E-state index is 13.4. The summed E-state index contributed by atoms with van der Waals surface area (Å²) in [7, 11) is -3.78. The van der Waals surface area contributed by atoms with Gasteiger partial charge >= 0.3 is 0 Å². The highest BCUT2D eigenvalue weighted by Crippen LogP contribution is 2.30. The lowest BCUT2D eigenvalue weighted by Crippen LogP contribution is -2.50. The summed E-state index contributed by atoms with van der Waals surface area (Å²) in [5.74, 6) is -0.593. The van der Waals surface area contributed by atoms with Crippen molar-refractivity contribution in [2.75, 3.05) is 18.9 Å². The Kier molecular flexibility index (Phi) is 4.38. The Morgan fingerprint density at radius 2 is 2.10 bits per heavy atom. The normalized spacial score (nSPS) is 24.8. The van der Waals surface area contributed by atoms with Gasteiger partial charge in [0.2, 0.25) is 10.0 Å². The van der Waals surface area contributed by atoms with Gasteiger partial charge in [0.25, 0.3) is 0 Å². The highest BCUT2D eigenvalue weighted by molar-refractivity contribution is 9.10. The number of morpholine rings is 1. The van der Waals surface area contributed by atoms with Crippen molar-refractivity contribution >= 4 is 31.6 Å². The van der Waals surface area contributed by atoms with Crippen molar-refractivity contribution in [3.63, 3.8) is 0 Å². The van der Waals surface area contributed by atoms with Crippen LogP contribution < -0.4 is 5.73 Å². The molecular weight excluding hydrogens is 351 g/mol. The fourth-order valence-electron chi connectivity index (χ4n) is 2.10. The minimum atomic E-state index is -3.78. The molecular formula is C12H16BrFN2O3S. The molecule has 1 heterocycles. The van der Waals surface area contributed by atoms with Crippen LogP contribution in [0, 0.1) is 5.82 Å². The van der Waals surface area contributed by atoms with Crippen molar-refractivity contribution < 1.29 is 17.5 Å². The molecule has 2 atom stereocenters. The number of sulfonamides is 1. The van der Waals surface area contributed by atoms with Gasteiger partial charge in [0.15, 0.2) is 0 Å². The molecule has 2 N–H and O–H groups in total. The molecule has 1 aliphatic heterocycles. The van der Waals surface area contributed by atoms with E-state index in [0.717, 1.165) is 6.07 Å². The maximum atomic E-state index is 13.4. The molecule has 0 aliphatic carbocycles. The number of nitrogens with two attached hydrogens (primary N) is 1. The first-order valence-electron chi connectivity index (χ1n) is 6.11. The summed E-state index contributed by atoms with van der Waals surface area (Å²) in [5.41, 5.74) is 5.57. The molecule has 0 amide bonds. The number of hydrogen-bond donors (Lipinski definition) is 1. The van der Waals surface area contributed by atoms with Crippen LogP contribution >= 0.6 is 15.9 Å². The third-order valence-corrected chi connectivity index (χ3v) is 5.83. The van der Waals surface area contributed by atoms with E-state index in [-0.39, 0.29) is 33.7 Å². The summed E-state index contributed by atoms with van der Waals surface area (Å²) < 4.78 is 45.6. The van der Waals surface area contributed by atoms with Crippen molar-refractivity contribution in [1.29, 1.82) is 0 Å². The standard InChI is InChI=1S/C12H16BrFN2O3S/c1-7-6-19-8(2)5-16(7)20(17,18)12-3-9(13)10(14)4-11(12)15/h3-4,7-8H,5-6,15H2,1-2H3. The summed E-state index contributed by atoms with van der Waals surface area (Å²) in [5, 5.41) is 0. The molecule has 5 nitrogen and oxygen atoms in total. The van der Waals surface area contributed by atoms with Gasteiger partial charge < -0.3 is 10.5 Å². The van der Waals surface area contributed by atoms with E-state index >= 15 is 0 Å². The SMILES string of the molecule is CC1CN(S(=O)(=O)c2cc(Br)c(F)cc2N)C(C)CO1. The van der Waals surface area contributed by atoms with E-state index in [2.05, 4.69) is 15.9 Å². The van der Waals surface area contributed by atoms with E-state index < -0.39 is 15.8 Å². The van der Waals surface area contributed by atoms with Crippen LogP contribution in [-0.4, -0.2) is 38.0 Å². The summed E-state index contributed by atoms with van der Waals surface area (Å²) in [6.45, 7) is 4.14. The summed E-state index contributed by atoms with van der Waals surface area (Å²) in [6.07, 6.45) is -0.189. The van der Waals surface area contributed by atoms with Crippen molar-refractivity contribution in [1.82, 2.24) is 4.31 Å². The molecule has 1 fully saturated rings. The van der Waals surface area contributed by atoms with Crippen molar-refractivity contribution in [2.45, 2.75) is 30.9 Å². The van der Waals surface area contributed by atoms with Crippen LogP contribution in [0.4, 0.5) is 10.1 Å². The first-order valence-corrected chi connectivity index (χ1v) is 8.34. The molecule has 1 saturated heterocycles. The second-order valence-electron chi connectivity index (χ2n) is 4.87. The lowest BCUT2D eigenvalue weighted by molar-refractivity contribution is -0.0170. The van der Waals surface area contributed by atoms with Gasteiger partial charge in [-0.2, -0.15) is 4.31 Å². The Labute approximate surface area is 126 Å². The van der Waals surface area contributed by atoms with Crippen LogP contribution in [-0.2, 0) is 14.8 Å². The van der Waals surface area contributed by atoms with Crippen LogP contribution in [0.15, 0.2) is 21.5 Å². The molecule has 8 heteroatoms. The zero-order chi connectivity index (χ0) is 15.1. The highest BCUT2D eigenvalue weighted by atomic mass is 79.9. The highest BCUT2D eigenvalue weighted by Gasteiger charge is 2.35. The van der Waals surface area contributed by atoms with E-state index in [1.807, 2.05) is 0 Å². The van der Waals surface area contributed by atoms with Gasteiger partial charge in [0, 0.05) is 12.6 Å². The van der Waals surface area contributed by atoms with Gasteiger partial charge in [0.1, 0.15) is 10.7 Å². The molecule has 112 valence electrons. The van der Waals surface area contributed by atoms with Gasteiger partial charge in [-0.05, 0) is 41.9 Å². The lowest BCUT2D eigenvalue weighted by Gasteiger charge is -2.35. The van der Waals surface area contributed by atoms with E-state index in [1.165, 1.54) is 10.4 Å². The first kappa shape index (κ1) is 15.7. The van der Waals surface area contributed by atoms with E-state index in [4.69, 9.17) is 10.5 Å². The van der Waals surface area contributed by atoms with Crippen LogP contribution in [0.25, 0.3) is 0 Å². The number of rotatable bonds is 2. The Morgan fingerprint density at radius 3 is 2.75 bits per heavy atom. The second-order valence-corrected chi connectivity index (χ2v) is 7.59. The number of benzene rings is 1. The molecule has 20 heavy (non-hydrogen) atoms. The predicted octanol–water partition coefficient (Wildman–Crippen LogP) is 1.97. The predicted molar refractivity (Wildman–Crippen MR) is 77.3 cm³/mol. The zero-order valence-electron chi connectivity index (χ0n) is 11.1. The number of hydrogen-bond acceptors (Lipinski definition) is 4. The van der Waals surface area contributed by atoms with Crippen molar-refractivity contribution in [2.24, 2.45) is 0 Å². The number of anilines is 1. The van der Waals surface area contributed by atoms with Crippen molar-refractivity contribution in [3.05, 3.63) is 22.4 Å². The monoisotopic (exact) mass is 366 g/mol. The van der Waals surface area contributed by atoms with Crippen LogP contribution in [0.5, 0.6) is 0 Å². The lowest BCUT2D eigenvalue weighted by atomic mass is 10.2. The minimum Gasteiger partial charge on any atom is -0.398 e. The number of ether oxygens (including phenoxy) is 1. The number of nitrogen functional groups attached to an aromatic ring is 1. The van der Waals surface area contributed by atoms with Gasteiger partial charge in [-0.3, -0.25) is 0 Å². The largest absolute Gasteiger partial charge is 0.398 e. The van der Waals surface area contributed by atoms with E-state index in [0.29, 0.717) is 6.61 Å². The van der Waals surface area contributed by atoms with Gasteiger partial charge in [-0.25, -0.2) is 12.8 Å². The molecule has 0 radical (unpaired) electrons. The molecule has 0 saturated carbocycles. The molecule has 0 bridgehead atoms. The van der Waals surface area contributed by atoms with Crippen LogP contribution in [0.3, 0.4) is 0 Å². The quantitative estimate of drug-likeness (QED) is 0.812. The number of nitrogens with zero attached hydrogens (tertiary/aromatic N) is 1. The summed E-state index contributed by atoms with van der Waals surface area (Å²) >= 11 is 2.99. The third kappa shape index (κ3) is 2.83. The Bertz CT molecular complexity index is 623. The Morgan fingerprint density at radius 1 is 1.45 bits per heavy atom. The molecule has 2 rings (SSSR count). The Balaban J connectivity index is 2.47. The second kappa shape index (κ2) is 5.59. The van der Waals surface area contributed by atoms with Gasteiger partial charge in [-0.1, -0.05) is 0 Å². The summed E-state index contributed by atoms with van der Waals surface area (Å²) in [4.78, 5) is -0.0910. The third-order valence-electron chi connectivity index (χ3n) is 3.19. The molecule has 0 aromatic heterocycles. The molecule has 2 unspecified atom stereocenters. The molecule has 0 spiro atoms. The van der Waals surface area contributed by atoms with E-state index in [9.17, 15) is 12.8 Å². The van der Waals surface area contributed by atoms with Gasteiger partial charge in [-0.15, -0.1) is 0 Å². The smallest absolute Gasteiger partial charge is 0.245 e. The summed E-state index contributed by atoms with van der Waals surface area (Å²) in [6, 6.07) is 1.91. The average molecular weight is 367 g/mol. The average Bonchev–Trinajstić information content (AvgIpc) is 2.36. The molecule has 1 aliphatic rings. The molecule has 1 aromatic carbocycles. The number of halogens is 2. The van der Waals surface area contributed by atoms with Crippen LogP contribution in [0.1, 0.15) is 13.8 Å². The Hall–Kier alpha value is -0.700. The zero-order valence-corrected chi connectivity index (χ0v) is 13.5. The fraction of sp³-hybridized carbons (Fsp3) is 0.500. The van der Waals surface area contributed by atoms with Gasteiger partial charge in [0.05, 0.1) is 22.9 Å². The fourth-order valence-corrected chi connectivity index (χ4v) is 4.41.